The van der Waals surface area contributed by atoms with Gasteiger partial charge in [0.25, 0.3) is 0 Å². The van der Waals surface area contributed by atoms with Gasteiger partial charge in [-0.05, 0) is 30.1 Å². The van der Waals surface area contributed by atoms with Crippen molar-refractivity contribution < 1.29 is 0 Å². The van der Waals surface area contributed by atoms with E-state index in [1.807, 2.05) is 0 Å². The fourth-order valence-corrected chi connectivity index (χ4v) is 4.56. The first-order valence-electron chi connectivity index (χ1n) is 7.75. The van der Waals surface area contributed by atoms with E-state index in [-0.39, 0.29) is 0 Å². The van der Waals surface area contributed by atoms with Crippen molar-refractivity contribution in [3.05, 3.63) is 0 Å². The Labute approximate surface area is 103 Å². The van der Waals surface area contributed by atoms with Gasteiger partial charge in [-0.1, -0.05) is 72.6 Å². The first kappa shape index (κ1) is 14.1. The third-order valence-corrected chi connectivity index (χ3v) is 5.38. The largest absolute Gasteiger partial charge is 0.0651 e. The molecular formula is C16H32. The molecule has 0 aliphatic heterocycles. The van der Waals surface area contributed by atoms with Gasteiger partial charge in [-0.25, -0.2) is 0 Å². The lowest BCUT2D eigenvalue weighted by atomic mass is 9.56. The fraction of sp³-hybridized carbons (Fsp3) is 1.00. The van der Waals surface area contributed by atoms with Crippen LogP contribution in [0.25, 0.3) is 0 Å². The Morgan fingerprint density at radius 2 is 1.06 bits per heavy atom. The zero-order valence-corrected chi connectivity index (χ0v) is 12.0. The lowest BCUT2D eigenvalue weighted by Crippen LogP contribution is -2.39. The second-order valence-corrected chi connectivity index (χ2v) is 5.82. The molecule has 1 aliphatic carbocycles. The van der Waals surface area contributed by atoms with Gasteiger partial charge in [0.15, 0.2) is 0 Å². The number of rotatable bonds is 6. The molecular weight excluding hydrogens is 192 g/mol. The van der Waals surface area contributed by atoms with Gasteiger partial charge in [0, 0.05) is 0 Å². The van der Waals surface area contributed by atoms with Crippen LogP contribution in [-0.2, 0) is 0 Å². The van der Waals surface area contributed by atoms with Crippen molar-refractivity contribution in [3.63, 3.8) is 0 Å². The molecule has 0 spiro atoms. The minimum Gasteiger partial charge on any atom is -0.0651 e. The van der Waals surface area contributed by atoms with Crippen molar-refractivity contribution in [2.45, 2.75) is 85.5 Å². The highest BCUT2D eigenvalue weighted by atomic mass is 14.5. The van der Waals surface area contributed by atoms with Crippen molar-refractivity contribution in [2.75, 3.05) is 0 Å². The van der Waals surface area contributed by atoms with Crippen LogP contribution in [0.1, 0.15) is 85.5 Å². The van der Waals surface area contributed by atoms with E-state index in [2.05, 4.69) is 27.7 Å². The molecule has 0 atom stereocenters. The van der Waals surface area contributed by atoms with Crippen molar-refractivity contribution >= 4 is 0 Å². The van der Waals surface area contributed by atoms with Gasteiger partial charge in [-0.2, -0.15) is 0 Å². The second kappa shape index (κ2) is 6.67. The Bertz CT molecular complexity index is 154. The number of hydrogen-bond donors (Lipinski definition) is 0. The highest BCUT2D eigenvalue weighted by molar-refractivity contribution is 4.92. The first-order chi connectivity index (χ1) is 7.75. The Kier molecular flexibility index (Phi) is 5.86. The van der Waals surface area contributed by atoms with Crippen molar-refractivity contribution in [2.24, 2.45) is 17.3 Å². The van der Waals surface area contributed by atoms with E-state index in [0.29, 0.717) is 5.41 Å². The molecule has 0 aromatic rings. The molecule has 0 saturated heterocycles. The fourth-order valence-electron chi connectivity index (χ4n) is 4.56. The second-order valence-electron chi connectivity index (χ2n) is 5.82. The van der Waals surface area contributed by atoms with E-state index in [1.165, 1.54) is 57.8 Å². The molecule has 1 rings (SSSR count). The molecule has 0 amide bonds. The van der Waals surface area contributed by atoms with Crippen LogP contribution in [0, 0.1) is 17.3 Å². The maximum Gasteiger partial charge on any atom is -0.0241 e. The SMILES string of the molecule is CCC(CC)C1(C(CC)CC)CCCCC1. The summed E-state index contributed by atoms with van der Waals surface area (Å²) < 4.78 is 0. The Hall–Kier alpha value is 0. The summed E-state index contributed by atoms with van der Waals surface area (Å²) >= 11 is 0. The van der Waals surface area contributed by atoms with Crippen LogP contribution in [0.15, 0.2) is 0 Å². The van der Waals surface area contributed by atoms with E-state index in [0.717, 1.165) is 11.8 Å². The van der Waals surface area contributed by atoms with Crippen LogP contribution >= 0.6 is 0 Å². The third kappa shape index (κ3) is 2.63. The summed E-state index contributed by atoms with van der Waals surface area (Å²) in [6, 6.07) is 0. The number of hydrogen-bond acceptors (Lipinski definition) is 0. The summed E-state index contributed by atoms with van der Waals surface area (Å²) in [5.74, 6) is 1.97. The zero-order valence-electron chi connectivity index (χ0n) is 12.0. The van der Waals surface area contributed by atoms with Crippen LogP contribution in [0.5, 0.6) is 0 Å². The molecule has 96 valence electrons. The van der Waals surface area contributed by atoms with Gasteiger partial charge in [-0.3, -0.25) is 0 Å². The van der Waals surface area contributed by atoms with Gasteiger partial charge in [-0.15, -0.1) is 0 Å². The molecule has 0 radical (unpaired) electrons. The van der Waals surface area contributed by atoms with Crippen LogP contribution in [0.2, 0.25) is 0 Å². The minimum absolute atomic E-state index is 0.714. The van der Waals surface area contributed by atoms with Crippen molar-refractivity contribution in [1.82, 2.24) is 0 Å². The zero-order chi connectivity index (χ0) is 12.0. The summed E-state index contributed by atoms with van der Waals surface area (Å²) in [4.78, 5) is 0. The molecule has 1 fully saturated rings. The maximum atomic E-state index is 2.41. The minimum atomic E-state index is 0.714. The van der Waals surface area contributed by atoms with Crippen LogP contribution in [-0.4, -0.2) is 0 Å². The molecule has 1 aliphatic rings. The highest BCUT2D eigenvalue weighted by Gasteiger charge is 2.42. The molecule has 0 bridgehead atoms. The van der Waals surface area contributed by atoms with E-state index in [4.69, 9.17) is 0 Å². The van der Waals surface area contributed by atoms with E-state index in [1.54, 1.807) is 0 Å². The van der Waals surface area contributed by atoms with Gasteiger partial charge < -0.3 is 0 Å². The van der Waals surface area contributed by atoms with E-state index >= 15 is 0 Å². The normalized spacial score (nSPS) is 20.6. The van der Waals surface area contributed by atoms with Gasteiger partial charge in [0.1, 0.15) is 0 Å². The molecule has 0 nitrogen and oxygen atoms in total. The van der Waals surface area contributed by atoms with Crippen molar-refractivity contribution in [1.29, 1.82) is 0 Å². The lowest BCUT2D eigenvalue weighted by molar-refractivity contribution is 0.0139. The van der Waals surface area contributed by atoms with E-state index in [9.17, 15) is 0 Å². The quantitative estimate of drug-likeness (QED) is 0.534. The Balaban J connectivity index is 2.89. The van der Waals surface area contributed by atoms with Crippen LogP contribution in [0.3, 0.4) is 0 Å². The highest BCUT2D eigenvalue weighted by Crippen LogP contribution is 2.52. The Morgan fingerprint density at radius 1 is 0.688 bits per heavy atom. The summed E-state index contributed by atoms with van der Waals surface area (Å²) in [7, 11) is 0. The summed E-state index contributed by atoms with van der Waals surface area (Å²) in [6.45, 7) is 9.64. The molecule has 1 saturated carbocycles. The summed E-state index contributed by atoms with van der Waals surface area (Å²) in [5.41, 5.74) is 0.714. The third-order valence-electron chi connectivity index (χ3n) is 5.38. The average Bonchev–Trinajstić information content (AvgIpc) is 2.33. The van der Waals surface area contributed by atoms with E-state index < -0.39 is 0 Å². The average molecular weight is 224 g/mol. The van der Waals surface area contributed by atoms with Gasteiger partial charge >= 0.3 is 0 Å². The first-order valence-corrected chi connectivity index (χ1v) is 7.75. The van der Waals surface area contributed by atoms with Crippen LogP contribution < -0.4 is 0 Å². The lowest BCUT2D eigenvalue weighted by Gasteiger charge is -2.49. The topological polar surface area (TPSA) is 0 Å². The standard InChI is InChI=1S/C16H32/c1-5-14(6-2)16(15(7-3)8-4)12-10-9-11-13-16/h14-15H,5-13H2,1-4H3. The predicted molar refractivity (Wildman–Crippen MR) is 73.7 cm³/mol. The van der Waals surface area contributed by atoms with Gasteiger partial charge in [0.05, 0.1) is 0 Å². The predicted octanol–water partition coefficient (Wildman–Crippen LogP) is 5.81. The molecule has 0 aromatic carbocycles. The van der Waals surface area contributed by atoms with Crippen molar-refractivity contribution in [3.8, 4) is 0 Å². The molecule has 0 heteroatoms. The molecule has 0 N–H and O–H groups in total. The summed E-state index contributed by atoms with van der Waals surface area (Å²) in [5, 5.41) is 0. The maximum absolute atomic E-state index is 2.41. The Morgan fingerprint density at radius 3 is 1.38 bits per heavy atom. The summed E-state index contributed by atoms with van der Waals surface area (Å²) in [6.07, 6.45) is 13.1. The molecule has 0 heterocycles. The smallest absolute Gasteiger partial charge is 0.0241 e. The molecule has 16 heavy (non-hydrogen) atoms. The molecule has 0 unspecified atom stereocenters. The molecule has 0 aromatic heterocycles. The van der Waals surface area contributed by atoms with Gasteiger partial charge in [0.2, 0.25) is 0 Å². The van der Waals surface area contributed by atoms with Crippen LogP contribution in [0.4, 0.5) is 0 Å². The monoisotopic (exact) mass is 224 g/mol.